The molecule has 4 rings (SSSR count). The van der Waals surface area contributed by atoms with E-state index >= 15 is 4.39 Å². The van der Waals surface area contributed by atoms with Crippen LogP contribution in [0.5, 0.6) is 5.75 Å². The highest BCUT2D eigenvalue weighted by atomic mass is 19.1. The van der Waals surface area contributed by atoms with Crippen LogP contribution in [0.4, 0.5) is 28.9 Å². The number of piperidine rings is 1. The van der Waals surface area contributed by atoms with Crippen LogP contribution in [0.15, 0.2) is 36.5 Å². The molecule has 0 aliphatic carbocycles. The van der Waals surface area contributed by atoms with E-state index in [2.05, 4.69) is 15.2 Å². The van der Waals surface area contributed by atoms with Crippen molar-refractivity contribution in [3.05, 3.63) is 59.5 Å². The molecule has 1 atom stereocenters. The third-order valence-corrected chi connectivity index (χ3v) is 7.81. The van der Waals surface area contributed by atoms with Gasteiger partial charge in [-0.05, 0) is 62.4 Å². The Bertz CT molecular complexity index is 1260. The van der Waals surface area contributed by atoms with E-state index in [-0.39, 0.29) is 25.3 Å². The number of rotatable bonds is 11. The maximum atomic E-state index is 16.0. The summed E-state index contributed by atoms with van der Waals surface area (Å²) in [5.41, 5.74) is 1.23. The van der Waals surface area contributed by atoms with Crippen LogP contribution in [-0.2, 0) is 0 Å². The second-order valence-electron chi connectivity index (χ2n) is 10.5. The number of methoxy groups -OCH3 is 1. The zero-order valence-corrected chi connectivity index (χ0v) is 22.6. The monoisotopic (exact) mass is 548 g/mol. The second kappa shape index (κ2) is 12.4. The minimum Gasteiger partial charge on any atom is -0.497 e. The van der Waals surface area contributed by atoms with E-state index in [1.807, 2.05) is 31.1 Å². The first-order valence-corrected chi connectivity index (χ1v) is 13.2. The first kappa shape index (κ1) is 28.9. The number of hydrogen-bond donors (Lipinski definition) is 2. The highest BCUT2D eigenvalue weighted by Crippen LogP contribution is 2.42. The van der Waals surface area contributed by atoms with Crippen molar-refractivity contribution in [1.29, 1.82) is 0 Å². The molecule has 212 valence electrons. The van der Waals surface area contributed by atoms with Crippen LogP contribution in [0, 0.1) is 22.9 Å². The number of nitrogens with one attached hydrogen (secondary N) is 1. The Hall–Kier alpha value is -3.11. The van der Waals surface area contributed by atoms with Crippen LogP contribution in [0.3, 0.4) is 0 Å². The van der Waals surface area contributed by atoms with E-state index in [0.717, 1.165) is 0 Å². The maximum absolute atomic E-state index is 16.0. The summed E-state index contributed by atoms with van der Waals surface area (Å²) in [6, 6.07) is 6.73. The standard InChI is InChI=1S/C29H36F4N4O2/c1-36(2)26-17-35-25-5-4-20(39-3)16-21(25)27(26)22(31)6-7-29(18-38)8-11-37(12-9-29)13-10-34-28-23(32)14-19(30)15-24(28)33/h4-5,14-17,22,34,38H,6-13,18H2,1-3H3. The van der Waals surface area contributed by atoms with Gasteiger partial charge < -0.3 is 25.0 Å². The molecular weight excluding hydrogens is 512 g/mol. The molecule has 1 unspecified atom stereocenters. The smallest absolute Gasteiger partial charge is 0.152 e. The van der Waals surface area contributed by atoms with E-state index in [0.29, 0.717) is 78.9 Å². The van der Waals surface area contributed by atoms with Crippen molar-refractivity contribution < 1.29 is 27.4 Å². The van der Waals surface area contributed by atoms with Crippen molar-refractivity contribution in [2.75, 3.05) is 64.2 Å². The molecule has 0 saturated carbocycles. The van der Waals surface area contributed by atoms with Gasteiger partial charge in [-0.3, -0.25) is 4.98 Å². The van der Waals surface area contributed by atoms with Crippen LogP contribution in [0.2, 0.25) is 0 Å². The van der Waals surface area contributed by atoms with Gasteiger partial charge in [-0.15, -0.1) is 0 Å². The first-order valence-electron chi connectivity index (χ1n) is 13.2. The molecule has 1 aliphatic rings. The van der Waals surface area contributed by atoms with Gasteiger partial charge in [0.25, 0.3) is 0 Å². The number of hydrogen-bond acceptors (Lipinski definition) is 6. The van der Waals surface area contributed by atoms with Crippen LogP contribution in [-0.4, -0.2) is 69.0 Å². The predicted molar refractivity (Wildman–Crippen MR) is 146 cm³/mol. The molecule has 10 heteroatoms. The molecule has 1 aromatic heterocycles. The zero-order valence-electron chi connectivity index (χ0n) is 22.6. The largest absolute Gasteiger partial charge is 0.497 e. The fraction of sp³-hybridized carbons (Fsp3) is 0.483. The van der Waals surface area contributed by atoms with E-state index in [1.165, 1.54) is 0 Å². The average Bonchev–Trinajstić information content (AvgIpc) is 2.92. The molecule has 3 aromatic rings. The molecule has 0 spiro atoms. The molecule has 2 N–H and O–H groups in total. The van der Waals surface area contributed by atoms with Gasteiger partial charge in [-0.2, -0.15) is 0 Å². The summed E-state index contributed by atoms with van der Waals surface area (Å²) >= 11 is 0. The Morgan fingerprint density at radius 2 is 1.82 bits per heavy atom. The Balaban J connectivity index is 1.38. The van der Waals surface area contributed by atoms with Crippen molar-refractivity contribution in [2.45, 2.75) is 31.9 Å². The Morgan fingerprint density at radius 3 is 2.44 bits per heavy atom. The number of aromatic nitrogens is 1. The lowest BCUT2D eigenvalue weighted by Gasteiger charge is -2.41. The zero-order chi connectivity index (χ0) is 28.2. The van der Waals surface area contributed by atoms with Crippen LogP contribution < -0.4 is 15.0 Å². The lowest BCUT2D eigenvalue weighted by Crippen LogP contribution is -2.43. The number of nitrogens with zero attached hydrogens (tertiary/aromatic N) is 3. The topological polar surface area (TPSA) is 60.9 Å². The SMILES string of the molecule is COc1ccc2ncc(N(C)C)c(C(F)CCC3(CO)CCN(CCNc4c(F)cc(F)cc4F)CC3)c2c1. The quantitative estimate of drug-likeness (QED) is 0.300. The van der Waals surface area contributed by atoms with Crippen LogP contribution in [0.1, 0.15) is 37.4 Å². The van der Waals surface area contributed by atoms with E-state index < -0.39 is 29.0 Å². The number of alkyl halides is 1. The maximum Gasteiger partial charge on any atom is 0.152 e. The van der Waals surface area contributed by atoms with Crippen molar-refractivity contribution in [3.63, 3.8) is 0 Å². The normalized spacial score (nSPS) is 16.3. The van der Waals surface area contributed by atoms with Gasteiger partial charge in [0, 0.05) is 56.9 Å². The first-order chi connectivity index (χ1) is 18.7. The van der Waals surface area contributed by atoms with Gasteiger partial charge >= 0.3 is 0 Å². The third-order valence-electron chi connectivity index (χ3n) is 7.81. The summed E-state index contributed by atoms with van der Waals surface area (Å²) in [5.74, 6) is -2.27. The highest BCUT2D eigenvalue weighted by Gasteiger charge is 2.35. The number of fused-ring (bicyclic) bond motifs is 1. The van der Waals surface area contributed by atoms with Crippen LogP contribution >= 0.6 is 0 Å². The summed E-state index contributed by atoms with van der Waals surface area (Å²) in [5, 5.41) is 13.7. The fourth-order valence-corrected chi connectivity index (χ4v) is 5.36. The predicted octanol–water partition coefficient (Wildman–Crippen LogP) is 5.70. The van der Waals surface area contributed by atoms with Crippen molar-refractivity contribution in [2.24, 2.45) is 5.41 Å². The molecule has 6 nitrogen and oxygen atoms in total. The minimum absolute atomic E-state index is 0.0384. The number of pyridine rings is 1. The molecule has 39 heavy (non-hydrogen) atoms. The van der Waals surface area contributed by atoms with Crippen molar-refractivity contribution in [1.82, 2.24) is 9.88 Å². The fourth-order valence-electron chi connectivity index (χ4n) is 5.36. The van der Waals surface area contributed by atoms with Crippen LogP contribution in [0.25, 0.3) is 10.9 Å². The molecule has 1 fully saturated rings. The molecule has 1 saturated heterocycles. The number of anilines is 2. The summed E-state index contributed by atoms with van der Waals surface area (Å²) in [6.07, 6.45) is 2.56. The molecule has 0 bridgehead atoms. The minimum atomic E-state index is -1.26. The lowest BCUT2D eigenvalue weighted by atomic mass is 9.74. The third kappa shape index (κ3) is 6.55. The molecular formula is C29H36F4N4O2. The number of likely N-dealkylation sites (tertiary alicyclic amines) is 1. The Morgan fingerprint density at radius 1 is 1.13 bits per heavy atom. The van der Waals surface area contributed by atoms with Gasteiger partial charge in [-0.1, -0.05) is 0 Å². The number of halogens is 4. The van der Waals surface area contributed by atoms with E-state index in [1.54, 1.807) is 19.4 Å². The Kier molecular flexibility index (Phi) is 9.17. The number of ether oxygens (including phenoxy) is 1. The molecule has 2 aromatic carbocycles. The summed E-state index contributed by atoms with van der Waals surface area (Å²) in [6.45, 7) is 2.12. The Labute approximate surface area is 226 Å². The summed E-state index contributed by atoms with van der Waals surface area (Å²) in [4.78, 5) is 8.49. The highest BCUT2D eigenvalue weighted by molar-refractivity contribution is 5.88. The lowest BCUT2D eigenvalue weighted by molar-refractivity contribution is 0.0316. The number of benzene rings is 2. The molecule has 0 amide bonds. The van der Waals surface area contributed by atoms with Gasteiger partial charge in [0.2, 0.25) is 0 Å². The van der Waals surface area contributed by atoms with Gasteiger partial charge in [-0.25, -0.2) is 17.6 Å². The summed E-state index contributed by atoms with van der Waals surface area (Å²) in [7, 11) is 5.29. The summed E-state index contributed by atoms with van der Waals surface area (Å²) < 4.78 is 62.2. The van der Waals surface area contributed by atoms with Crippen molar-refractivity contribution in [3.8, 4) is 5.75 Å². The molecule has 0 radical (unpaired) electrons. The van der Waals surface area contributed by atoms with Gasteiger partial charge in [0.1, 0.15) is 23.4 Å². The molecule has 2 heterocycles. The second-order valence-corrected chi connectivity index (χ2v) is 10.5. The number of aliphatic hydroxyl groups excluding tert-OH is 1. The molecule has 1 aliphatic heterocycles. The van der Waals surface area contributed by atoms with Gasteiger partial charge in [0.05, 0.1) is 24.5 Å². The van der Waals surface area contributed by atoms with Crippen molar-refractivity contribution >= 4 is 22.3 Å². The van der Waals surface area contributed by atoms with E-state index in [9.17, 15) is 18.3 Å². The van der Waals surface area contributed by atoms with Gasteiger partial charge in [0.15, 0.2) is 11.6 Å². The number of aliphatic hydroxyl groups is 1. The van der Waals surface area contributed by atoms with E-state index in [4.69, 9.17) is 4.74 Å². The average molecular weight is 549 g/mol.